The molecule has 25 heavy (non-hydrogen) atoms. The third kappa shape index (κ3) is 6.51. The van der Waals surface area contributed by atoms with Gasteiger partial charge in [-0.1, -0.05) is 36.8 Å². The first-order valence-corrected chi connectivity index (χ1v) is 9.05. The van der Waals surface area contributed by atoms with Crippen molar-refractivity contribution in [2.75, 3.05) is 27.8 Å². The molecule has 0 heterocycles. The lowest BCUT2D eigenvalue weighted by molar-refractivity contribution is -0.172. The number of rotatable bonds is 7. The van der Waals surface area contributed by atoms with E-state index in [1.807, 2.05) is 6.07 Å². The molecule has 0 aromatic heterocycles. The summed E-state index contributed by atoms with van der Waals surface area (Å²) in [5.74, 6) is 0.572. The number of carbonyl (C=O) groups excluding carboxylic acids is 1. The van der Waals surface area contributed by atoms with E-state index >= 15 is 0 Å². The fourth-order valence-electron chi connectivity index (χ4n) is 3.43. The lowest BCUT2D eigenvalue weighted by atomic mass is 9.85. The number of methoxy groups -OCH3 is 2. The first kappa shape index (κ1) is 20.0. The normalized spacial score (nSPS) is 25.7. The summed E-state index contributed by atoms with van der Waals surface area (Å²) >= 11 is 0. The van der Waals surface area contributed by atoms with Crippen LogP contribution in [0.2, 0.25) is 0 Å². The second-order valence-corrected chi connectivity index (χ2v) is 6.50. The van der Waals surface area contributed by atoms with E-state index in [1.54, 1.807) is 14.2 Å². The maximum atomic E-state index is 12.6. The summed E-state index contributed by atoms with van der Waals surface area (Å²) in [6.45, 7) is 0.242. The van der Waals surface area contributed by atoms with Gasteiger partial charge in [0, 0.05) is 20.6 Å². The Morgan fingerprint density at radius 2 is 1.64 bits per heavy atom. The number of benzene rings is 1. The minimum atomic E-state index is -0.593. The molecule has 3 unspecified atom stereocenters. The van der Waals surface area contributed by atoms with Crippen LogP contribution in [0.1, 0.15) is 50.0 Å². The summed E-state index contributed by atoms with van der Waals surface area (Å²) in [7, 11) is 3.14. The van der Waals surface area contributed by atoms with Gasteiger partial charge in [0.15, 0.2) is 5.78 Å². The maximum Gasteiger partial charge on any atom is 0.164 e. The van der Waals surface area contributed by atoms with E-state index in [4.69, 9.17) is 18.9 Å². The third-order valence-electron chi connectivity index (χ3n) is 4.72. The van der Waals surface area contributed by atoms with Gasteiger partial charge in [0.1, 0.15) is 19.7 Å². The van der Waals surface area contributed by atoms with Gasteiger partial charge < -0.3 is 18.9 Å². The van der Waals surface area contributed by atoms with E-state index in [0.717, 1.165) is 32.1 Å². The molecule has 1 aromatic carbocycles. The van der Waals surface area contributed by atoms with Crippen LogP contribution in [0, 0.1) is 0 Å². The average Bonchev–Trinajstić information content (AvgIpc) is 2.65. The summed E-state index contributed by atoms with van der Waals surface area (Å²) in [6, 6.07) is 10.6. The Labute approximate surface area is 150 Å². The lowest BCUT2D eigenvalue weighted by Crippen LogP contribution is -2.40. The average molecular weight is 350 g/mol. The van der Waals surface area contributed by atoms with Crippen LogP contribution in [-0.2, 0) is 23.7 Å². The molecule has 140 valence electrons. The Balaban J connectivity index is 2.11. The summed E-state index contributed by atoms with van der Waals surface area (Å²) < 4.78 is 21.5. The largest absolute Gasteiger partial charge is 0.359 e. The summed E-state index contributed by atoms with van der Waals surface area (Å²) in [5, 5.41) is 0. The first-order chi connectivity index (χ1) is 12.3. The molecule has 3 atom stereocenters. The molecule has 0 saturated heterocycles. The van der Waals surface area contributed by atoms with Crippen LogP contribution in [0.25, 0.3) is 0 Å². The summed E-state index contributed by atoms with van der Waals surface area (Å²) in [6.07, 6.45) is 4.34. The predicted molar refractivity (Wildman–Crippen MR) is 95.4 cm³/mol. The van der Waals surface area contributed by atoms with Crippen LogP contribution >= 0.6 is 0 Å². The van der Waals surface area contributed by atoms with Crippen LogP contribution in [0.15, 0.2) is 30.3 Å². The van der Waals surface area contributed by atoms with Gasteiger partial charge in [-0.05, 0) is 37.2 Å². The molecule has 1 aromatic rings. The van der Waals surface area contributed by atoms with Gasteiger partial charge in [0.05, 0.1) is 6.10 Å². The molecule has 0 N–H and O–H groups in total. The van der Waals surface area contributed by atoms with Gasteiger partial charge in [-0.25, -0.2) is 0 Å². The number of carbonyl (C=O) groups is 1. The van der Waals surface area contributed by atoms with Crippen molar-refractivity contribution in [2.45, 2.75) is 56.7 Å². The zero-order valence-corrected chi connectivity index (χ0v) is 15.3. The minimum absolute atomic E-state index is 0.0887. The quantitative estimate of drug-likeness (QED) is 0.702. The van der Waals surface area contributed by atoms with Crippen LogP contribution in [-0.4, -0.2) is 45.8 Å². The van der Waals surface area contributed by atoms with Crippen LogP contribution in [0.4, 0.5) is 0 Å². The second kappa shape index (κ2) is 11.4. The van der Waals surface area contributed by atoms with Gasteiger partial charge >= 0.3 is 0 Å². The lowest BCUT2D eigenvalue weighted by Gasteiger charge is -2.29. The molecular formula is C20H30O5. The third-order valence-corrected chi connectivity index (χ3v) is 4.72. The molecule has 5 nitrogen and oxygen atoms in total. The van der Waals surface area contributed by atoms with Crippen molar-refractivity contribution >= 4 is 5.78 Å². The summed E-state index contributed by atoms with van der Waals surface area (Å²) in [4.78, 5) is 12.6. The van der Waals surface area contributed by atoms with E-state index in [0.29, 0.717) is 12.3 Å². The molecule has 0 aliphatic heterocycles. The Morgan fingerprint density at radius 3 is 2.36 bits per heavy atom. The van der Waals surface area contributed by atoms with E-state index < -0.39 is 6.10 Å². The topological polar surface area (TPSA) is 54.0 Å². The Morgan fingerprint density at radius 1 is 0.920 bits per heavy atom. The van der Waals surface area contributed by atoms with Crippen molar-refractivity contribution in [2.24, 2.45) is 0 Å². The van der Waals surface area contributed by atoms with Gasteiger partial charge in [-0.2, -0.15) is 0 Å². The first-order valence-electron chi connectivity index (χ1n) is 9.05. The van der Waals surface area contributed by atoms with E-state index in [-0.39, 0.29) is 25.5 Å². The van der Waals surface area contributed by atoms with Crippen LogP contribution < -0.4 is 0 Å². The highest BCUT2D eigenvalue weighted by atomic mass is 16.7. The highest BCUT2D eigenvalue weighted by molar-refractivity contribution is 5.83. The Hall–Kier alpha value is -1.27. The molecule has 0 radical (unpaired) electrons. The standard InChI is InChI=1S/C20H30O5/c1-22-14-24-19-13-12-17(16-8-4-3-5-9-16)10-6-7-11-18(21)20(19)25-15-23-2/h3-5,8-9,17,19-20H,6-7,10-15H2,1-2H3. The van der Waals surface area contributed by atoms with Crippen molar-refractivity contribution in [3.8, 4) is 0 Å². The molecule has 1 aliphatic rings. The van der Waals surface area contributed by atoms with Crippen molar-refractivity contribution in [3.05, 3.63) is 35.9 Å². The molecule has 2 rings (SSSR count). The predicted octanol–water partition coefficient (Wildman–Crippen LogP) is 3.67. The highest BCUT2D eigenvalue weighted by Gasteiger charge is 2.31. The van der Waals surface area contributed by atoms with Crippen LogP contribution in [0.3, 0.4) is 0 Å². The Bertz CT molecular complexity index is 490. The van der Waals surface area contributed by atoms with Crippen molar-refractivity contribution < 1.29 is 23.7 Å². The molecule has 1 saturated carbocycles. The summed E-state index contributed by atoms with van der Waals surface area (Å²) in [5.41, 5.74) is 1.36. The number of Topliss-reactive ketones (excluding diaryl/α,β-unsaturated/α-hetero) is 1. The van der Waals surface area contributed by atoms with Gasteiger partial charge in [0.2, 0.25) is 0 Å². The SMILES string of the molecule is COCOC1CCC(c2ccccc2)CCCCC(=O)C1OCOC. The fourth-order valence-corrected chi connectivity index (χ4v) is 3.43. The van der Waals surface area contributed by atoms with Gasteiger partial charge in [-0.15, -0.1) is 0 Å². The molecule has 0 bridgehead atoms. The number of hydrogen-bond acceptors (Lipinski definition) is 5. The number of hydrogen-bond donors (Lipinski definition) is 0. The van der Waals surface area contributed by atoms with Gasteiger partial charge in [0.25, 0.3) is 0 Å². The molecular weight excluding hydrogens is 320 g/mol. The van der Waals surface area contributed by atoms with Crippen molar-refractivity contribution in [3.63, 3.8) is 0 Å². The second-order valence-electron chi connectivity index (χ2n) is 6.50. The molecule has 5 heteroatoms. The molecule has 0 spiro atoms. The molecule has 0 amide bonds. The fraction of sp³-hybridized carbons (Fsp3) is 0.650. The number of ether oxygens (including phenoxy) is 4. The van der Waals surface area contributed by atoms with Crippen molar-refractivity contribution in [1.82, 2.24) is 0 Å². The maximum absolute atomic E-state index is 12.6. The van der Waals surface area contributed by atoms with Gasteiger partial charge in [-0.3, -0.25) is 4.79 Å². The highest BCUT2D eigenvalue weighted by Crippen LogP contribution is 2.30. The zero-order valence-electron chi connectivity index (χ0n) is 15.3. The number of ketones is 1. The van der Waals surface area contributed by atoms with E-state index in [9.17, 15) is 4.79 Å². The van der Waals surface area contributed by atoms with Crippen LogP contribution in [0.5, 0.6) is 0 Å². The van der Waals surface area contributed by atoms with E-state index in [1.165, 1.54) is 5.56 Å². The van der Waals surface area contributed by atoms with Crippen molar-refractivity contribution in [1.29, 1.82) is 0 Å². The smallest absolute Gasteiger partial charge is 0.164 e. The minimum Gasteiger partial charge on any atom is -0.359 e. The monoisotopic (exact) mass is 350 g/mol. The van der Waals surface area contributed by atoms with E-state index in [2.05, 4.69) is 24.3 Å². The molecule has 1 aliphatic carbocycles. The molecule has 1 fully saturated rings. The zero-order chi connectivity index (χ0) is 17.9. The Kier molecular flexibility index (Phi) is 9.11.